The van der Waals surface area contributed by atoms with Crippen molar-refractivity contribution in [2.75, 3.05) is 7.11 Å². The van der Waals surface area contributed by atoms with Crippen molar-refractivity contribution in [1.29, 1.82) is 0 Å². The summed E-state index contributed by atoms with van der Waals surface area (Å²) in [4.78, 5) is 78.0. The lowest BCUT2D eigenvalue weighted by Crippen LogP contribution is -2.58. The van der Waals surface area contributed by atoms with Crippen molar-refractivity contribution in [2.24, 2.45) is 11.8 Å². The molecule has 0 heterocycles. The second-order valence-electron chi connectivity index (χ2n) is 18.8. The van der Waals surface area contributed by atoms with Gasteiger partial charge >= 0.3 is 26.6 Å². The average molecular weight is 792 g/mol. The number of benzene rings is 1. The fraction of sp³-hybridized carbons (Fsp3) is 0.683. The van der Waals surface area contributed by atoms with Crippen molar-refractivity contribution in [3.63, 3.8) is 0 Å². The van der Waals surface area contributed by atoms with Gasteiger partial charge in [0.2, 0.25) is 11.8 Å². The summed E-state index contributed by atoms with van der Waals surface area (Å²) in [7, 11) is -2.32. The molecule has 0 fully saturated rings. The van der Waals surface area contributed by atoms with Crippen molar-refractivity contribution in [1.82, 2.24) is 16.0 Å². The maximum atomic E-state index is 14.0. The topological polar surface area (TPSA) is 179 Å². The largest absolute Gasteiger partial charge is 0.519 e. The zero-order valence-electron chi connectivity index (χ0n) is 36.3. The summed E-state index contributed by atoms with van der Waals surface area (Å²) >= 11 is 0. The second kappa shape index (κ2) is 19.3. The van der Waals surface area contributed by atoms with Crippen LogP contribution in [0.5, 0.6) is 5.75 Å². The molecule has 0 saturated carbocycles. The van der Waals surface area contributed by atoms with Crippen molar-refractivity contribution >= 4 is 44.5 Å². The molecule has 1 rings (SSSR count). The summed E-state index contributed by atoms with van der Waals surface area (Å²) < 4.78 is 22.4. The number of hydrogen-bond donors (Lipinski definition) is 4. The monoisotopic (exact) mass is 791 g/mol. The normalized spacial score (nSPS) is 14.5. The molecule has 13 nitrogen and oxygen atoms in total. The highest BCUT2D eigenvalue weighted by Crippen LogP contribution is 2.50. The summed E-state index contributed by atoms with van der Waals surface area (Å²) in [5.74, 6) is -2.46. The Morgan fingerprint density at radius 1 is 0.764 bits per heavy atom. The summed E-state index contributed by atoms with van der Waals surface area (Å²) in [6.45, 7) is 29.2. The summed E-state index contributed by atoms with van der Waals surface area (Å²) in [5.41, 5.74) is -0.624. The third-order valence-corrected chi connectivity index (χ3v) is 13.0. The first kappa shape index (κ1) is 49.1. The van der Waals surface area contributed by atoms with Crippen LogP contribution in [0.3, 0.4) is 0 Å². The Labute approximate surface area is 330 Å². The zero-order valence-corrected chi connectivity index (χ0v) is 37.3. The van der Waals surface area contributed by atoms with Gasteiger partial charge in [-0.3, -0.25) is 9.59 Å². The Morgan fingerprint density at radius 2 is 1.31 bits per heavy atom. The second-order valence-corrected chi connectivity index (χ2v) is 23.3. The van der Waals surface area contributed by atoms with Crippen LogP contribution in [-0.2, 0) is 39.8 Å². The number of ether oxygens (including phenoxy) is 3. The van der Waals surface area contributed by atoms with E-state index in [1.54, 1.807) is 73.6 Å². The van der Waals surface area contributed by atoms with Crippen molar-refractivity contribution in [3.05, 3.63) is 35.4 Å². The van der Waals surface area contributed by atoms with Gasteiger partial charge < -0.3 is 39.4 Å². The fourth-order valence-corrected chi connectivity index (χ4v) is 9.17. The molecule has 312 valence electrons. The van der Waals surface area contributed by atoms with E-state index >= 15 is 0 Å². The lowest BCUT2D eigenvalue weighted by atomic mass is 9.98. The first-order chi connectivity index (χ1) is 24.8. The van der Waals surface area contributed by atoms with Crippen LogP contribution in [0.25, 0.3) is 6.08 Å². The maximum absolute atomic E-state index is 14.0. The molecule has 0 radical (unpaired) electrons. The average Bonchev–Trinajstić information content (AvgIpc) is 2.98. The minimum Gasteiger partial charge on any atom is -0.519 e. The Morgan fingerprint density at radius 3 is 1.76 bits per heavy atom. The van der Waals surface area contributed by atoms with Gasteiger partial charge in [-0.05, 0) is 83.6 Å². The van der Waals surface area contributed by atoms with E-state index in [0.717, 1.165) is 0 Å². The summed E-state index contributed by atoms with van der Waals surface area (Å²) in [5, 5.41) is 6.92. The molecule has 55 heavy (non-hydrogen) atoms. The predicted molar refractivity (Wildman–Crippen MR) is 216 cm³/mol. The molecule has 1 aromatic carbocycles. The number of nitrogens with one attached hydrogen (secondary N) is 3. The molecule has 0 saturated heterocycles. The molecule has 0 aliphatic rings. The highest BCUT2D eigenvalue weighted by Gasteiger charge is 2.57. The number of methoxy groups -OCH3 is 1. The van der Waals surface area contributed by atoms with Crippen LogP contribution in [0.2, 0.25) is 10.1 Å². The fourth-order valence-electron chi connectivity index (χ4n) is 5.80. The van der Waals surface area contributed by atoms with Gasteiger partial charge in [-0.25, -0.2) is 14.4 Å². The number of hydrogen-bond acceptors (Lipinski definition) is 10. The summed E-state index contributed by atoms with van der Waals surface area (Å²) in [6, 6.07) is 1.84. The number of carbonyl (C=O) groups excluding carboxylic acids is 5. The van der Waals surface area contributed by atoms with Crippen molar-refractivity contribution in [3.8, 4) is 5.75 Å². The molecule has 14 heteroatoms. The third-order valence-electron chi connectivity index (χ3n) is 8.37. The molecule has 0 unspecified atom stereocenters. The number of amides is 3. The summed E-state index contributed by atoms with van der Waals surface area (Å²) in [6.07, 6.45) is 2.20. The zero-order chi connectivity index (χ0) is 42.9. The molecule has 4 N–H and O–H groups in total. The van der Waals surface area contributed by atoms with E-state index in [1.807, 2.05) is 55.4 Å². The van der Waals surface area contributed by atoms with E-state index in [0.29, 0.717) is 23.3 Å². The first-order valence-electron chi connectivity index (χ1n) is 18.9. The predicted octanol–water partition coefficient (Wildman–Crippen LogP) is 6.74. The lowest BCUT2D eigenvalue weighted by Gasteiger charge is -2.45. The molecule has 0 aromatic heterocycles. The van der Waals surface area contributed by atoms with Gasteiger partial charge in [0.15, 0.2) is 0 Å². The molecule has 0 aliphatic carbocycles. The van der Waals surface area contributed by atoms with Crippen molar-refractivity contribution in [2.45, 2.75) is 163 Å². The standard InChI is InChI=1S/C41H69N3O10Si/c1-25(2)22-30(36(48)51-17)42-35(47)33(26(3)4)44-34(46)29(43-37(49)53-39(8,9)10)24-27-18-20-31(54-55(50,40(11,12)13)41(14,15)16)28(23-27)19-21-32(45)52-38(5,6)7/h18-21,23,25-26,29-30,33,50H,22,24H2,1-17H3,(H,42,47)(H,43,49)(H,44,46)/b21-19+/t29-,30-,33-/m0/s1. The van der Waals surface area contributed by atoms with Crippen LogP contribution in [0.1, 0.15) is 128 Å². The van der Waals surface area contributed by atoms with Crippen LogP contribution in [0, 0.1) is 11.8 Å². The van der Waals surface area contributed by atoms with Gasteiger partial charge in [-0.2, -0.15) is 0 Å². The first-order valence-corrected chi connectivity index (χ1v) is 20.8. The molecule has 0 spiro atoms. The Hall–Kier alpha value is -3.91. The third kappa shape index (κ3) is 16.0. The highest BCUT2D eigenvalue weighted by atomic mass is 28.4. The van der Waals surface area contributed by atoms with Gasteiger partial charge in [0.1, 0.15) is 35.1 Å². The molecule has 3 atom stereocenters. The van der Waals surface area contributed by atoms with Crippen LogP contribution in [0.15, 0.2) is 24.3 Å². The van der Waals surface area contributed by atoms with E-state index in [-0.39, 0.29) is 12.3 Å². The van der Waals surface area contributed by atoms with Gasteiger partial charge in [0.05, 0.1) is 7.11 Å². The van der Waals surface area contributed by atoms with E-state index in [2.05, 4.69) is 16.0 Å². The minimum atomic E-state index is -3.56. The van der Waals surface area contributed by atoms with E-state index in [4.69, 9.17) is 18.6 Å². The molecular weight excluding hydrogens is 723 g/mol. The highest BCUT2D eigenvalue weighted by molar-refractivity contribution is 6.72. The molecule has 0 bridgehead atoms. The molecule has 0 aliphatic heterocycles. The quantitative estimate of drug-likeness (QED) is 0.0644. The molecule has 1 aromatic rings. The van der Waals surface area contributed by atoms with Crippen LogP contribution in [-0.4, -0.2) is 79.6 Å². The smallest absolute Gasteiger partial charge is 0.408 e. The van der Waals surface area contributed by atoms with E-state index in [1.165, 1.54) is 19.3 Å². The Bertz CT molecular complexity index is 1510. The van der Waals surface area contributed by atoms with Gasteiger partial charge in [0, 0.05) is 28.1 Å². The number of carbonyl (C=O) groups is 5. The van der Waals surface area contributed by atoms with Crippen LogP contribution in [0.4, 0.5) is 4.79 Å². The lowest BCUT2D eigenvalue weighted by molar-refractivity contribution is -0.148. The van der Waals surface area contributed by atoms with Gasteiger partial charge in [0.25, 0.3) is 0 Å². The molecule has 3 amide bonds. The van der Waals surface area contributed by atoms with Gasteiger partial charge in [-0.15, -0.1) is 0 Å². The van der Waals surface area contributed by atoms with Crippen LogP contribution < -0.4 is 20.4 Å². The van der Waals surface area contributed by atoms with E-state index in [9.17, 15) is 28.8 Å². The maximum Gasteiger partial charge on any atom is 0.408 e. The Balaban J connectivity index is 3.75. The Kier molecular flexibility index (Phi) is 17.2. The van der Waals surface area contributed by atoms with E-state index < -0.39 is 83.7 Å². The van der Waals surface area contributed by atoms with Crippen molar-refractivity contribution < 1.29 is 47.4 Å². The molecular formula is C41H69N3O10Si. The SMILES string of the molecule is COC(=O)[C@H](CC(C)C)NC(=O)[C@@H](NC(=O)[C@H](Cc1ccc(O[Si](O)(C(C)(C)C)C(C)(C)C)c(/C=C/C(=O)OC(C)(C)C)c1)NC(=O)OC(C)(C)C)C(C)C. The number of rotatable bonds is 15. The van der Waals surface area contributed by atoms with Gasteiger partial charge in [-0.1, -0.05) is 75.3 Å². The minimum absolute atomic E-state index is 0.0660. The van der Waals surface area contributed by atoms with Crippen LogP contribution >= 0.6 is 0 Å². The number of esters is 2. The number of alkyl carbamates (subject to hydrolysis) is 1.